The van der Waals surface area contributed by atoms with Crippen molar-refractivity contribution in [3.05, 3.63) is 41.8 Å². The molecule has 0 atom stereocenters. The van der Waals surface area contributed by atoms with Crippen LogP contribution in [0.1, 0.15) is 28.7 Å². The Balaban J connectivity index is 2.93. The maximum atomic E-state index is 11.8. The van der Waals surface area contributed by atoms with Gasteiger partial charge < -0.3 is 10.1 Å². The Labute approximate surface area is 113 Å². The van der Waals surface area contributed by atoms with Crippen LogP contribution in [0.2, 0.25) is 0 Å². The Bertz CT molecular complexity index is 486. The SMILES string of the molecule is C=CC(=C)CNc1nc(C)c(C(=O)OCC)c(C)n1. The van der Waals surface area contributed by atoms with Crippen LogP contribution < -0.4 is 5.32 Å². The summed E-state index contributed by atoms with van der Waals surface area (Å²) in [5, 5.41) is 3.03. The van der Waals surface area contributed by atoms with E-state index in [1.165, 1.54) is 0 Å². The van der Waals surface area contributed by atoms with Gasteiger partial charge in [-0.2, -0.15) is 0 Å². The fraction of sp³-hybridized carbons (Fsp3) is 0.357. The van der Waals surface area contributed by atoms with Gasteiger partial charge in [0.1, 0.15) is 5.56 Å². The Morgan fingerprint density at radius 2 is 1.95 bits per heavy atom. The lowest BCUT2D eigenvalue weighted by atomic mass is 10.2. The summed E-state index contributed by atoms with van der Waals surface area (Å²) >= 11 is 0. The average Bonchev–Trinajstić information content (AvgIpc) is 2.35. The third-order valence-electron chi connectivity index (χ3n) is 2.51. The molecule has 0 amide bonds. The quantitative estimate of drug-likeness (QED) is 0.629. The Kier molecular flexibility index (Phi) is 5.23. The van der Waals surface area contributed by atoms with Crippen LogP contribution in [0, 0.1) is 13.8 Å². The molecule has 1 rings (SSSR count). The van der Waals surface area contributed by atoms with E-state index >= 15 is 0 Å². The van der Waals surface area contributed by atoms with E-state index in [0.29, 0.717) is 36.1 Å². The van der Waals surface area contributed by atoms with Crippen LogP contribution in [0.3, 0.4) is 0 Å². The molecule has 5 heteroatoms. The van der Waals surface area contributed by atoms with E-state index in [9.17, 15) is 4.79 Å². The highest BCUT2D eigenvalue weighted by Gasteiger charge is 2.16. The standard InChI is InChI=1S/C14H19N3O2/c1-6-9(3)8-15-14-16-10(4)12(11(5)17-14)13(18)19-7-2/h6H,1,3,7-8H2,2,4-5H3,(H,15,16,17). The molecule has 0 saturated carbocycles. The number of carbonyl (C=O) groups is 1. The van der Waals surface area contributed by atoms with Gasteiger partial charge in [0.05, 0.1) is 18.0 Å². The summed E-state index contributed by atoms with van der Waals surface area (Å²) in [5.74, 6) is 0.0746. The van der Waals surface area contributed by atoms with Crippen LogP contribution >= 0.6 is 0 Å². The molecule has 0 spiro atoms. The molecule has 0 aliphatic carbocycles. The van der Waals surface area contributed by atoms with Gasteiger partial charge in [-0.1, -0.05) is 19.2 Å². The minimum Gasteiger partial charge on any atom is -0.462 e. The second kappa shape index (κ2) is 6.68. The number of hydrogen-bond acceptors (Lipinski definition) is 5. The van der Waals surface area contributed by atoms with Crippen molar-refractivity contribution in [1.82, 2.24) is 9.97 Å². The molecule has 1 aromatic heterocycles. The monoisotopic (exact) mass is 261 g/mol. The van der Waals surface area contributed by atoms with E-state index in [1.807, 2.05) is 0 Å². The number of hydrogen-bond donors (Lipinski definition) is 1. The zero-order valence-corrected chi connectivity index (χ0v) is 11.6. The Morgan fingerprint density at radius 1 is 1.37 bits per heavy atom. The number of aromatic nitrogens is 2. The summed E-state index contributed by atoms with van der Waals surface area (Å²) in [6, 6.07) is 0. The fourth-order valence-corrected chi connectivity index (χ4v) is 1.56. The highest BCUT2D eigenvalue weighted by Crippen LogP contribution is 2.14. The molecule has 0 saturated heterocycles. The van der Waals surface area contributed by atoms with Gasteiger partial charge in [-0.3, -0.25) is 0 Å². The van der Waals surface area contributed by atoms with Crippen molar-refractivity contribution in [2.45, 2.75) is 20.8 Å². The molecule has 19 heavy (non-hydrogen) atoms. The summed E-state index contributed by atoms with van der Waals surface area (Å²) < 4.78 is 4.98. The molecule has 1 N–H and O–H groups in total. The Morgan fingerprint density at radius 3 is 2.42 bits per heavy atom. The molecule has 0 aliphatic heterocycles. The van der Waals surface area contributed by atoms with Crippen molar-refractivity contribution in [1.29, 1.82) is 0 Å². The van der Waals surface area contributed by atoms with Gasteiger partial charge in [0.2, 0.25) is 5.95 Å². The van der Waals surface area contributed by atoms with Crippen LogP contribution in [0.4, 0.5) is 5.95 Å². The first-order chi connectivity index (χ1) is 8.99. The van der Waals surface area contributed by atoms with Gasteiger partial charge in [-0.25, -0.2) is 14.8 Å². The normalized spacial score (nSPS) is 9.84. The van der Waals surface area contributed by atoms with E-state index in [4.69, 9.17) is 4.74 Å². The lowest BCUT2D eigenvalue weighted by molar-refractivity contribution is 0.0523. The molecule has 0 aliphatic rings. The fourth-order valence-electron chi connectivity index (χ4n) is 1.56. The van der Waals surface area contributed by atoms with Gasteiger partial charge in [-0.05, 0) is 26.3 Å². The molecular formula is C14H19N3O2. The molecule has 0 bridgehead atoms. The molecular weight excluding hydrogens is 242 g/mol. The molecule has 0 radical (unpaired) electrons. The van der Waals surface area contributed by atoms with Crippen LogP contribution in [-0.4, -0.2) is 29.1 Å². The van der Waals surface area contributed by atoms with Crippen molar-refractivity contribution >= 4 is 11.9 Å². The van der Waals surface area contributed by atoms with Crippen LogP contribution in [-0.2, 0) is 4.74 Å². The summed E-state index contributed by atoms with van der Waals surface area (Å²) in [6.07, 6.45) is 1.67. The number of carbonyl (C=O) groups excluding carboxylic acids is 1. The molecule has 1 aromatic rings. The van der Waals surface area contributed by atoms with Gasteiger partial charge in [-0.15, -0.1) is 0 Å². The summed E-state index contributed by atoms with van der Waals surface area (Å²) in [6.45, 7) is 13.5. The highest BCUT2D eigenvalue weighted by molar-refractivity contribution is 5.91. The smallest absolute Gasteiger partial charge is 0.341 e. The van der Waals surface area contributed by atoms with Crippen LogP contribution in [0.25, 0.3) is 0 Å². The second-order valence-corrected chi connectivity index (χ2v) is 4.03. The molecule has 1 heterocycles. The number of esters is 1. The van der Waals surface area contributed by atoms with Gasteiger partial charge >= 0.3 is 5.97 Å². The first-order valence-electron chi connectivity index (χ1n) is 6.06. The summed E-state index contributed by atoms with van der Waals surface area (Å²) in [5.41, 5.74) is 2.46. The number of ether oxygens (including phenoxy) is 1. The minimum atomic E-state index is -0.389. The maximum absolute atomic E-state index is 11.8. The number of anilines is 1. The minimum absolute atomic E-state index is 0.330. The largest absolute Gasteiger partial charge is 0.462 e. The average molecular weight is 261 g/mol. The van der Waals surface area contributed by atoms with Gasteiger partial charge in [0.15, 0.2) is 0 Å². The van der Waals surface area contributed by atoms with Crippen molar-refractivity contribution in [2.75, 3.05) is 18.5 Å². The van der Waals surface area contributed by atoms with Crippen LogP contribution in [0.15, 0.2) is 24.8 Å². The number of rotatable bonds is 6. The second-order valence-electron chi connectivity index (χ2n) is 4.03. The van der Waals surface area contributed by atoms with Crippen molar-refractivity contribution in [3.63, 3.8) is 0 Å². The molecule has 5 nitrogen and oxygen atoms in total. The van der Waals surface area contributed by atoms with E-state index in [1.54, 1.807) is 26.8 Å². The third kappa shape index (κ3) is 3.91. The van der Waals surface area contributed by atoms with Gasteiger partial charge in [0, 0.05) is 6.54 Å². The molecule has 102 valence electrons. The van der Waals surface area contributed by atoms with Crippen molar-refractivity contribution < 1.29 is 9.53 Å². The van der Waals surface area contributed by atoms with Gasteiger partial charge in [0.25, 0.3) is 0 Å². The first kappa shape index (κ1) is 14.9. The van der Waals surface area contributed by atoms with E-state index in [0.717, 1.165) is 5.57 Å². The van der Waals surface area contributed by atoms with E-state index in [-0.39, 0.29) is 5.97 Å². The number of nitrogens with one attached hydrogen (secondary N) is 1. The highest BCUT2D eigenvalue weighted by atomic mass is 16.5. The summed E-state index contributed by atoms with van der Waals surface area (Å²) in [4.78, 5) is 20.3. The first-order valence-corrected chi connectivity index (χ1v) is 6.06. The predicted octanol–water partition coefficient (Wildman–Crippen LogP) is 2.42. The molecule has 0 fully saturated rings. The van der Waals surface area contributed by atoms with E-state index in [2.05, 4.69) is 28.4 Å². The lowest BCUT2D eigenvalue weighted by Crippen LogP contribution is -2.14. The molecule has 0 aromatic carbocycles. The summed E-state index contributed by atoms with van der Waals surface area (Å²) in [7, 11) is 0. The predicted molar refractivity (Wildman–Crippen MR) is 75.3 cm³/mol. The van der Waals surface area contributed by atoms with Crippen molar-refractivity contribution in [2.24, 2.45) is 0 Å². The Hall–Kier alpha value is -2.17. The number of nitrogens with zero attached hydrogens (tertiary/aromatic N) is 2. The van der Waals surface area contributed by atoms with Crippen molar-refractivity contribution in [3.8, 4) is 0 Å². The van der Waals surface area contributed by atoms with Crippen LogP contribution in [0.5, 0.6) is 0 Å². The third-order valence-corrected chi connectivity index (χ3v) is 2.51. The topological polar surface area (TPSA) is 64.1 Å². The zero-order valence-electron chi connectivity index (χ0n) is 11.6. The lowest BCUT2D eigenvalue weighted by Gasteiger charge is -2.11. The molecule has 0 unspecified atom stereocenters. The number of aryl methyl sites for hydroxylation is 2. The maximum Gasteiger partial charge on any atom is 0.341 e. The van der Waals surface area contributed by atoms with E-state index < -0.39 is 0 Å². The zero-order chi connectivity index (χ0) is 14.4.